The number of aromatic nitrogens is 2. The summed E-state index contributed by atoms with van der Waals surface area (Å²) in [7, 11) is -0.836. The number of fused-ring (bicyclic) bond motifs is 1. The number of anilines is 1. The smallest absolute Gasteiger partial charge is 0.359 e. The summed E-state index contributed by atoms with van der Waals surface area (Å²) in [4.78, 5) is 39.2. The number of hydrogen-bond acceptors (Lipinski definition) is 8. The molecule has 0 radical (unpaired) electrons. The Bertz CT molecular complexity index is 1680. The fraction of sp³-hybridized carbons (Fsp3) is 0.167. The van der Waals surface area contributed by atoms with Crippen molar-refractivity contribution in [2.24, 2.45) is 0 Å². The number of sulfonamides is 1. The summed E-state index contributed by atoms with van der Waals surface area (Å²) in [6, 6.07) is 11.8. The molecule has 192 valence electrons. The zero-order valence-electron chi connectivity index (χ0n) is 19.9. The van der Waals surface area contributed by atoms with Crippen LogP contribution in [-0.4, -0.2) is 55.1 Å². The molecule has 2 aromatic carbocycles. The highest BCUT2D eigenvalue weighted by Crippen LogP contribution is 2.31. The second kappa shape index (κ2) is 10.4. The summed E-state index contributed by atoms with van der Waals surface area (Å²) in [5.74, 6) is -1.29. The Kier molecular flexibility index (Phi) is 7.46. The van der Waals surface area contributed by atoms with Gasteiger partial charge in [0.25, 0.3) is 11.5 Å². The lowest BCUT2D eigenvalue weighted by atomic mass is 10.2. The molecule has 0 saturated heterocycles. The van der Waals surface area contributed by atoms with Crippen LogP contribution in [0.2, 0.25) is 5.02 Å². The van der Waals surface area contributed by atoms with Crippen LogP contribution in [-0.2, 0) is 14.8 Å². The molecule has 0 aliphatic carbocycles. The maximum absolute atomic E-state index is 13.5. The van der Waals surface area contributed by atoms with Gasteiger partial charge < -0.3 is 10.1 Å². The van der Waals surface area contributed by atoms with Crippen molar-refractivity contribution < 1.29 is 22.7 Å². The fourth-order valence-electron chi connectivity index (χ4n) is 3.44. The number of nitrogens with zero attached hydrogens (tertiary/aromatic N) is 3. The highest BCUT2D eigenvalue weighted by Gasteiger charge is 2.24. The van der Waals surface area contributed by atoms with Crippen molar-refractivity contribution in [2.45, 2.75) is 11.8 Å². The van der Waals surface area contributed by atoms with Crippen molar-refractivity contribution in [3.63, 3.8) is 0 Å². The van der Waals surface area contributed by atoms with Crippen molar-refractivity contribution in [3.05, 3.63) is 80.5 Å². The van der Waals surface area contributed by atoms with Gasteiger partial charge in [-0.05, 0) is 49.4 Å². The monoisotopic (exact) mass is 560 g/mol. The zero-order chi connectivity index (χ0) is 26.9. The number of hydrogen-bond donors (Lipinski definition) is 1. The van der Waals surface area contributed by atoms with E-state index in [-0.39, 0.29) is 38.5 Å². The van der Waals surface area contributed by atoms with Gasteiger partial charge >= 0.3 is 5.97 Å². The Morgan fingerprint density at radius 1 is 1.16 bits per heavy atom. The Hall–Kier alpha value is -3.58. The molecular formula is C24H21ClN4O6S2. The molecule has 4 rings (SSSR count). The lowest BCUT2D eigenvalue weighted by Gasteiger charge is -2.12. The Morgan fingerprint density at radius 3 is 2.49 bits per heavy atom. The van der Waals surface area contributed by atoms with E-state index in [0.29, 0.717) is 10.7 Å². The molecule has 13 heteroatoms. The quantitative estimate of drug-likeness (QED) is 0.341. The SMILES string of the molecule is CCOC(=O)c1nn(-c2cccc(Cl)c2)c(=O)c2c(NC(=O)c3ccc(S(=O)(=O)N(C)C)cc3)scc12. The average Bonchev–Trinajstić information content (AvgIpc) is 3.28. The maximum Gasteiger partial charge on any atom is 0.359 e. The van der Waals surface area contributed by atoms with Crippen LogP contribution in [0.1, 0.15) is 27.8 Å². The van der Waals surface area contributed by atoms with Gasteiger partial charge in [-0.3, -0.25) is 9.59 Å². The van der Waals surface area contributed by atoms with E-state index >= 15 is 0 Å². The normalized spacial score (nSPS) is 11.6. The van der Waals surface area contributed by atoms with Crippen LogP contribution in [0.15, 0.2) is 63.6 Å². The van der Waals surface area contributed by atoms with Gasteiger partial charge in [-0.1, -0.05) is 17.7 Å². The molecule has 2 heterocycles. The van der Waals surface area contributed by atoms with Gasteiger partial charge in [-0.15, -0.1) is 11.3 Å². The first-order valence-electron chi connectivity index (χ1n) is 10.9. The molecule has 0 atom stereocenters. The van der Waals surface area contributed by atoms with Crippen LogP contribution < -0.4 is 10.9 Å². The van der Waals surface area contributed by atoms with Gasteiger partial charge in [-0.25, -0.2) is 17.5 Å². The van der Waals surface area contributed by atoms with Crippen LogP contribution in [0, 0.1) is 0 Å². The Morgan fingerprint density at radius 2 is 1.86 bits per heavy atom. The minimum atomic E-state index is -3.66. The molecule has 4 aromatic rings. The van der Waals surface area contributed by atoms with E-state index in [0.717, 1.165) is 20.3 Å². The van der Waals surface area contributed by atoms with E-state index < -0.39 is 27.5 Å². The Labute approximate surface area is 221 Å². The molecule has 10 nitrogen and oxygen atoms in total. The first kappa shape index (κ1) is 26.5. The summed E-state index contributed by atoms with van der Waals surface area (Å²) < 4.78 is 31.8. The predicted octanol–water partition coefficient (Wildman–Crippen LogP) is 3.78. The van der Waals surface area contributed by atoms with Crippen LogP contribution in [0.5, 0.6) is 0 Å². The number of benzene rings is 2. The zero-order valence-corrected chi connectivity index (χ0v) is 22.3. The molecule has 1 N–H and O–H groups in total. The number of esters is 1. The molecule has 0 saturated carbocycles. The van der Waals surface area contributed by atoms with E-state index in [2.05, 4.69) is 10.4 Å². The minimum absolute atomic E-state index is 0.0326. The second-order valence-electron chi connectivity index (χ2n) is 7.89. The summed E-state index contributed by atoms with van der Waals surface area (Å²) in [6.45, 7) is 1.75. The van der Waals surface area contributed by atoms with E-state index in [9.17, 15) is 22.8 Å². The molecular weight excluding hydrogens is 540 g/mol. The van der Waals surface area contributed by atoms with Crippen LogP contribution >= 0.6 is 22.9 Å². The van der Waals surface area contributed by atoms with Crippen molar-refractivity contribution in [2.75, 3.05) is 26.0 Å². The van der Waals surface area contributed by atoms with Crippen LogP contribution in [0.4, 0.5) is 5.00 Å². The van der Waals surface area contributed by atoms with Gasteiger partial charge in [0.15, 0.2) is 5.69 Å². The van der Waals surface area contributed by atoms with E-state index in [1.54, 1.807) is 30.5 Å². The third kappa shape index (κ3) is 5.14. The number of carbonyl (C=O) groups excluding carboxylic acids is 2. The predicted molar refractivity (Wildman–Crippen MR) is 141 cm³/mol. The summed E-state index contributed by atoms with van der Waals surface area (Å²) in [5, 5.41) is 9.33. The number of thiophene rings is 1. The topological polar surface area (TPSA) is 128 Å². The number of rotatable bonds is 7. The van der Waals surface area contributed by atoms with Crippen LogP contribution in [0.25, 0.3) is 16.5 Å². The minimum Gasteiger partial charge on any atom is -0.461 e. The van der Waals surface area contributed by atoms with Gasteiger partial charge in [0, 0.05) is 35.4 Å². The molecule has 2 aromatic heterocycles. The van der Waals surface area contributed by atoms with Crippen LogP contribution in [0.3, 0.4) is 0 Å². The molecule has 0 aliphatic rings. The fourth-order valence-corrected chi connectivity index (χ4v) is 5.46. The molecule has 0 fully saturated rings. The Balaban J connectivity index is 1.79. The third-order valence-corrected chi connectivity index (χ3v) is 8.26. The van der Waals surface area contributed by atoms with Gasteiger partial charge in [0.1, 0.15) is 5.00 Å². The first-order valence-corrected chi connectivity index (χ1v) is 13.6. The molecule has 1 amide bonds. The van der Waals surface area contributed by atoms with E-state index in [1.165, 1.54) is 44.4 Å². The summed E-state index contributed by atoms with van der Waals surface area (Å²) in [6.07, 6.45) is 0. The molecule has 0 unspecified atom stereocenters. The molecule has 0 bridgehead atoms. The number of ether oxygens (including phenoxy) is 1. The average molecular weight is 561 g/mol. The molecule has 0 aliphatic heterocycles. The molecule has 37 heavy (non-hydrogen) atoms. The van der Waals surface area contributed by atoms with Gasteiger partial charge in [0.2, 0.25) is 10.0 Å². The lowest BCUT2D eigenvalue weighted by molar-refractivity contribution is 0.0520. The van der Waals surface area contributed by atoms with E-state index in [4.69, 9.17) is 16.3 Å². The first-order chi connectivity index (χ1) is 17.5. The molecule has 0 spiro atoms. The van der Waals surface area contributed by atoms with Crippen molar-refractivity contribution in [1.82, 2.24) is 14.1 Å². The number of amides is 1. The number of nitrogens with one attached hydrogen (secondary N) is 1. The second-order valence-corrected chi connectivity index (χ2v) is 11.4. The van der Waals surface area contributed by atoms with Crippen molar-refractivity contribution >= 4 is 60.6 Å². The highest BCUT2D eigenvalue weighted by molar-refractivity contribution is 7.89. The number of halogens is 1. The number of carbonyl (C=O) groups is 2. The van der Waals surface area contributed by atoms with E-state index in [1.807, 2.05) is 0 Å². The van der Waals surface area contributed by atoms with Gasteiger partial charge in [0.05, 0.1) is 22.6 Å². The standard InChI is InChI=1S/C24H21ClN4O6S2/c1-4-35-24(32)20-18-13-36-22(19(18)23(31)29(27-20)16-7-5-6-15(25)12-16)26-21(30)14-8-10-17(11-9-14)37(33,34)28(2)3/h5-13H,4H2,1-3H3,(H,26,30). The summed E-state index contributed by atoms with van der Waals surface area (Å²) >= 11 is 7.14. The summed E-state index contributed by atoms with van der Waals surface area (Å²) in [5.41, 5.74) is -0.166. The van der Waals surface area contributed by atoms with Crippen molar-refractivity contribution in [1.29, 1.82) is 0 Å². The largest absolute Gasteiger partial charge is 0.461 e. The third-order valence-electron chi connectivity index (χ3n) is 5.30. The van der Waals surface area contributed by atoms with Gasteiger partial charge in [-0.2, -0.15) is 9.78 Å². The lowest BCUT2D eigenvalue weighted by Crippen LogP contribution is -2.25. The maximum atomic E-state index is 13.5. The highest BCUT2D eigenvalue weighted by atomic mass is 35.5. The van der Waals surface area contributed by atoms with Crippen molar-refractivity contribution in [3.8, 4) is 5.69 Å².